The molecule has 0 aromatic rings. The van der Waals surface area contributed by atoms with Crippen molar-refractivity contribution in [1.82, 2.24) is 0 Å². The van der Waals surface area contributed by atoms with Gasteiger partial charge >= 0.3 is 0 Å². The van der Waals surface area contributed by atoms with Crippen molar-refractivity contribution in [3.63, 3.8) is 0 Å². The van der Waals surface area contributed by atoms with Gasteiger partial charge in [-0.05, 0) is 26.6 Å². The zero-order valence-electron chi connectivity index (χ0n) is 6.41. The van der Waals surface area contributed by atoms with Crippen molar-refractivity contribution in [2.24, 2.45) is 4.99 Å². The zero-order valence-corrected chi connectivity index (χ0v) is 6.41. The van der Waals surface area contributed by atoms with Crippen molar-refractivity contribution < 1.29 is 5.11 Å². The van der Waals surface area contributed by atoms with E-state index in [-0.39, 0.29) is 0 Å². The first-order valence-electron chi connectivity index (χ1n) is 3.20. The highest BCUT2D eigenvalue weighted by atomic mass is 16.3. The molecule has 0 heterocycles. The molecule has 0 fully saturated rings. The van der Waals surface area contributed by atoms with Gasteiger partial charge in [0.05, 0.1) is 11.8 Å². The fourth-order valence-electron chi connectivity index (χ4n) is 0.519. The van der Waals surface area contributed by atoms with Crippen LogP contribution < -0.4 is 0 Å². The number of hydrogen-bond acceptors (Lipinski definition) is 2. The van der Waals surface area contributed by atoms with Crippen LogP contribution in [-0.2, 0) is 0 Å². The Morgan fingerprint density at radius 2 is 2.30 bits per heavy atom. The number of nitrogens with zero attached hydrogens (tertiary/aromatic N) is 1. The van der Waals surface area contributed by atoms with Gasteiger partial charge in [0.1, 0.15) is 0 Å². The smallest absolute Gasteiger partial charge is 0.0931 e. The Morgan fingerprint density at radius 1 is 1.70 bits per heavy atom. The highest BCUT2D eigenvalue weighted by molar-refractivity contribution is 5.31. The zero-order chi connectivity index (χ0) is 7.98. The highest BCUT2D eigenvalue weighted by Crippen LogP contribution is 2.01. The van der Waals surface area contributed by atoms with Crippen molar-refractivity contribution >= 4 is 6.72 Å². The molecule has 1 atom stereocenters. The van der Waals surface area contributed by atoms with Crippen LogP contribution in [0.4, 0.5) is 0 Å². The summed E-state index contributed by atoms with van der Waals surface area (Å²) in [6.45, 7) is 6.88. The summed E-state index contributed by atoms with van der Waals surface area (Å²) in [7, 11) is 0. The molecule has 2 heteroatoms. The molecule has 0 aliphatic carbocycles. The van der Waals surface area contributed by atoms with Crippen LogP contribution in [0.5, 0.6) is 0 Å². The SMILES string of the molecule is C=N/C(=C\C=C/C)[C@H](C)O. The van der Waals surface area contributed by atoms with Crippen LogP contribution >= 0.6 is 0 Å². The molecule has 56 valence electrons. The van der Waals surface area contributed by atoms with E-state index in [0.29, 0.717) is 5.70 Å². The first-order valence-corrected chi connectivity index (χ1v) is 3.20. The van der Waals surface area contributed by atoms with Gasteiger partial charge in [-0.1, -0.05) is 12.2 Å². The molecule has 0 bridgehead atoms. The Bertz CT molecular complexity index is 157. The summed E-state index contributed by atoms with van der Waals surface area (Å²) in [4.78, 5) is 3.63. The lowest BCUT2D eigenvalue weighted by Crippen LogP contribution is -2.00. The lowest BCUT2D eigenvalue weighted by atomic mass is 10.3. The Morgan fingerprint density at radius 3 is 2.60 bits per heavy atom. The van der Waals surface area contributed by atoms with Crippen molar-refractivity contribution in [3.8, 4) is 0 Å². The lowest BCUT2D eigenvalue weighted by Gasteiger charge is -2.00. The van der Waals surface area contributed by atoms with E-state index in [1.807, 2.05) is 19.1 Å². The minimum atomic E-state index is -0.534. The second-order valence-corrected chi connectivity index (χ2v) is 1.95. The summed E-state index contributed by atoms with van der Waals surface area (Å²) in [6.07, 6.45) is 4.88. The fourth-order valence-corrected chi connectivity index (χ4v) is 0.519. The average molecular weight is 139 g/mol. The number of rotatable bonds is 3. The average Bonchev–Trinajstić information content (AvgIpc) is 1.89. The second kappa shape index (κ2) is 4.94. The van der Waals surface area contributed by atoms with Crippen LogP contribution in [0.1, 0.15) is 13.8 Å². The van der Waals surface area contributed by atoms with Gasteiger partial charge < -0.3 is 5.11 Å². The number of aliphatic hydroxyl groups is 1. The van der Waals surface area contributed by atoms with E-state index in [4.69, 9.17) is 5.11 Å². The van der Waals surface area contributed by atoms with Crippen molar-refractivity contribution in [1.29, 1.82) is 0 Å². The molecule has 0 radical (unpaired) electrons. The molecule has 0 saturated heterocycles. The molecule has 0 aromatic heterocycles. The topological polar surface area (TPSA) is 32.6 Å². The largest absolute Gasteiger partial charge is 0.387 e. The maximum absolute atomic E-state index is 9.00. The molecule has 10 heavy (non-hydrogen) atoms. The number of aliphatic hydroxyl groups excluding tert-OH is 1. The Hall–Kier alpha value is -0.890. The predicted molar refractivity (Wildman–Crippen MR) is 44.1 cm³/mol. The molecule has 0 unspecified atom stereocenters. The normalized spacial score (nSPS) is 15.7. The summed E-state index contributed by atoms with van der Waals surface area (Å²) in [5.74, 6) is 0. The minimum absolute atomic E-state index is 0.534. The summed E-state index contributed by atoms with van der Waals surface area (Å²) < 4.78 is 0. The Kier molecular flexibility index (Phi) is 4.50. The fraction of sp³-hybridized carbons (Fsp3) is 0.375. The van der Waals surface area contributed by atoms with Crippen molar-refractivity contribution in [3.05, 3.63) is 23.9 Å². The third-order valence-electron chi connectivity index (χ3n) is 1.07. The lowest BCUT2D eigenvalue weighted by molar-refractivity contribution is 0.230. The van der Waals surface area contributed by atoms with Crippen molar-refractivity contribution in [2.45, 2.75) is 20.0 Å². The standard InChI is InChI=1S/C8H13NO/c1-4-5-6-8(9-3)7(2)10/h4-7,10H,3H2,1-2H3/b5-4-,8-6-/t7-/m0/s1. The van der Waals surface area contributed by atoms with Gasteiger partial charge in [0, 0.05) is 0 Å². The summed E-state index contributed by atoms with van der Waals surface area (Å²) in [5.41, 5.74) is 0.595. The molecular weight excluding hydrogens is 126 g/mol. The predicted octanol–water partition coefficient (Wildman–Crippen LogP) is 1.53. The van der Waals surface area contributed by atoms with E-state index in [0.717, 1.165) is 0 Å². The molecular formula is C8H13NO. The number of allylic oxidation sites excluding steroid dienone is 3. The molecule has 0 aliphatic heterocycles. The van der Waals surface area contributed by atoms with Crippen LogP contribution in [0.25, 0.3) is 0 Å². The van der Waals surface area contributed by atoms with Crippen LogP contribution in [0.15, 0.2) is 28.9 Å². The van der Waals surface area contributed by atoms with Gasteiger partial charge in [-0.25, -0.2) is 0 Å². The van der Waals surface area contributed by atoms with E-state index < -0.39 is 6.10 Å². The summed E-state index contributed by atoms with van der Waals surface area (Å²) in [6, 6.07) is 0. The van der Waals surface area contributed by atoms with Gasteiger partial charge in [0.25, 0.3) is 0 Å². The Balaban J connectivity index is 4.18. The molecule has 0 aromatic carbocycles. The maximum atomic E-state index is 9.00. The van der Waals surface area contributed by atoms with Gasteiger partial charge in [-0.3, -0.25) is 4.99 Å². The van der Waals surface area contributed by atoms with Gasteiger partial charge in [0.2, 0.25) is 0 Å². The van der Waals surface area contributed by atoms with E-state index in [2.05, 4.69) is 11.7 Å². The number of hydrogen-bond donors (Lipinski definition) is 1. The quantitative estimate of drug-likeness (QED) is 0.466. The summed E-state index contributed by atoms with van der Waals surface area (Å²) in [5, 5.41) is 9.00. The van der Waals surface area contributed by atoms with Gasteiger partial charge in [0.15, 0.2) is 0 Å². The second-order valence-electron chi connectivity index (χ2n) is 1.95. The molecule has 0 aliphatic rings. The van der Waals surface area contributed by atoms with Gasteiger partial charge in [-0.15, -0.1) is 0 Å². The van der Waals surface area contributed by atoms with Crippen LogP contribution in [-0.4, -0.2) is 17.9 Å². The van der Waals surface area contributed by atoms with E-state index in [1.165, 1.54) is 0 Å². The monoisotopic (exact) mass is 139 g/mol. The molecule has 0 amide bonds. The van der Waals surface area contributed by atoms with Crippen LogP contribution in [0.3, 0.4) is 0 Å². The van der Waals surface area contributed by atoms with E-state index in [1.54, 1.807) is 13.0 Å². The molecule has 1 N–H and O–H groups in total. The molecule has 0 rings (SSSR count). The van der Waals surface area contributed by atoms with Crippen LogP contribution in [0, 0.1) is 0 Å². The third-order valence-corrected chi connectivity index (χ3v) is 1.07. The molecule has 0 saturated carbocycles. The molecule has 2 nitrogen and oxygen atoms in total. The first kappa shape index (κ1) is 9.11. The van der Waals surface area contributed by atoms with Crippen LogP contribution in [0.2, 0.25) is 0 Å². The maximum Gasteiger partial charge on any atom is 0.0931 e. The minimum Gasteiger partial charge on any atom is -0.387 e. The summed E-state index contributed by atoms with van der Waals surface area (Å²) >= 11 is 0. The third kappa shape index (κ3) is 3.20. The number of aliphatic imine (C=N–C) groups is 1. The van der Waals surface area contributed by atoms with E-state index in [9.17, 15) is 0 Å². The molecule has 0 spiro atoms. The van der Waals surface area contributed by atoms with Gasteiger partial charge in [-0.2, -0.15) is 0 Å². The Labute approximate surface area is 61.6 Å². The van der Waals surface area contributed by atoms with Crippen molar-refractivity contribution in [2.75, 3.05) is 0 Å². The highest BCUT2D eigenvalue weighted by Gasteiger charge is 1.97. The first-order chi connectivity index (χ1) is 4.72. The van der Waals surface area contributed by atoms with E-state index >= 15 is 0 Å².